The van der Waals surface area contributed by atoms with Gasteiger partial charge in [0.15, 0.2) is 0 Å². The Balaban J connectivity index is 1.80. The highest BCUT2D eigenvalue weighted by Crippen LogP contribution is 2.28. The highest BCUT2D eigenvalue weighted by atomic mass is 35.5. The van der Waals surface area contributed by atoms with Crippen molar-refractivity contribution in [1.82, 2.24) is 10.2 Å². The van der Waals surface area contributed by atoms with Crippen molar-refractivity contribution in [2.24, 2.45) is 0 Å². The van der Waals surface area contributed by atoms with Crippen LogP contribution in [-0.4, -0.2) is 44.3 Å². The number of carbonyl (C=O) groups is 2. The quantitative estimate of drug-likeness (QED) is 0.175. The molecule has 0 aliphatic rings. The smallest absolute Gasteiger partial charge is 0.264 e. The minimum absolute atomic E-state index is 0.0104. The zero-order chi connectivity index (χ0) is 31.7. The van der Waals surface area contributed by atoms with E-state index >= 15 is 0 Å². The van der Waals surface area contributed by atoms with Gasteiger partial charge in [-0.15, -0.1) is 0 Å². The van der Waals surface area contributed by atoms with Gasteiger partial charge in [-0.05, 0) is 60.9 Å². The van der Waals surface area contributed by atoms with Gasteiger partial charge in [-0.2, -0.15) is 0 Å². The number of amides is 2. The number of aryl methyl sites for hydroxylation is 1. The highest BCUT2D eigenvalue weighted by Gasteiger charge is 2.34. The first kappa shape index (κ1) is 33.1. The number of sulfonamides is 1. The van der Waals surface area contributed by atoms with Gasteiger partial charge in [0.25, 0.3) is 10.0 Å². The fourth-order valence-electron chi connectivity index (χ4n) is 4.73. The SMILES string of the molecule is CCCNC(=O)C(Cc1ccccc1)N(Cc1ccccc1Cl)C(=O)CN(c1cccc(Cl)c1)S(=O)(=O)c1ccc(C)cc1. The molecular weight excluding hydrogens is 617 g/mol. The second kappa shape index (κ2) is 15.2. The van der Waals surface area contributed by atoms with Crippen LogP contribution in [0.1, 0.15) is 30.0 Å². The van der Waals surface area contributed by atoms with E-state index in [9.17, 15) is 18.0 Å². The molecule has 2 amide bonds. The number of anilines is 1. The van der Waals surface area contributed by atoms with Crippen molar-refractivity contribution in [2.45, 2.75) is 44.2 Å². The van der Waals surface area contributed by atoms with Crippen molar-refractivity contribution in [1.29, 1.82) is 0 Å². The summed E-state index contributed by atoms with van der Waals surface area (Å²) in [5.74, 6) is -0.917. The Morgan fingerprint density at radius 1 is 0.864 bits per heavy atom. The van der Waals surface area contributed by atoms with Crippen LogP contribution in [0.5, 0.6) is 0 Å². The molecule has 0 bridgehead atoms. The average Bonchev–Trinajstić information content (AvgIpc) is 3.01. The van der Waals surface area contributed by atoms with Crippen molar-refractivity contribution in [3.8, 4) is 0 Å². The van der Waals surface area contributed by atoms with Crippen LogP contribution in [-0.2, 0) is 32.6 Å². The van der Waals surface area contributed by atoms with Gasteiger partial charge in [0.05, 0.1) is 10.6 Å². The van der Waals surface area contributed by atoms with Crippen molar-refractivity contribution in [3.63, 3.8) is 0 Å². The predicted molar refractivity (Wildman–Crippen MR) is 176 cm³/mol. The topological polar surface area (TPSA) is 86.8 Å². The third kappa shape index (κ3) is 8.40. The van der Waals surface area contributed by atoms with Gasteiger partial charge in [0, 0.05) is 29.6 Å². The van der Waals surface area contributed by atoms with Crippen LogP contribution in [0.4, 0.5) is 5.69 Å². The molecule has 4 aromatic carbocycles. The maximum absolute atomic E-state index is 14.4. The maximum Gasteiger partial charge on any atom is 0.264 e. The first-order valence-electron chi connectivity index (χ1n) is 14.3. The summed E-state index contributed by atoms with van der Waals surface area (Å²) in [5, 5.41) is 3.67. The average molecular weight is 653 g/mol. The van der Waals surface area contributed by atoms with E-state index in [-0.39, 0.29) is 29.5 Å². The normalized spacial score (nSPS) is 11.9. The van der Waals surface area contributed by atoms with Crippen LogP contribution in [0.25, 0.3) is 0 Å². The number of benzene rings is 4. The summed E-state index contributed by atoms with van der Waals surface area (Å²) in [6, 6.07) is 28.2. The number of hydrogen-bond acceptors (Lipinski definition) is 4. The van der Waals surface area contributed by atoms with E-state index < -0.39 is 28.5 Å². The molecule has 0 fully saturated rings. The molecule has 0 saturated heterocycles. The lowest BCUT2D eigenvalue weighted by molar-refractivity contribution is -0.140. The van der Waals surface area contributed by atoms with Crippen molar-refractivity contribution in [2.75, 3.05) is 17.4 Å². The van der Waals surface area contributed by atoms with E-state index in [0.29, 0.717) is 28.6 Å². The number of nitrogens with zero attached hydrogens (tertiary/aromatic N) is 2. The van der Waals surface area contributed by atoms with Gasteiger partial charge in [-0.3, -0.25) is 13.9 Å². The van der Waals surface area contributed by atoms with Gasteiger partial charge < -0.3 is 10.2 Å². The summed E-state index contributed by atoms with van der Waals surface area (Å²) in [4.78, 5) is 29.6. The number of nitrogens with one attached hydrogen (secondary N) is 1. The Morgan fingerprint density at radius 2 is 1.55 bits per heavy atom. The molecule has 1 unspecified atom stereocenters. The molecule has 1 N–H and O–H groups in total. The largest absolute Gasteiger partial charge is 0.354 e. The summed E-state index contributed by atoms with van der Waals surface area (Å²) < 4.78 is 29.2. The lowest BCUT2D eigenvalue weighted by Gasteiger charge is -2.34. The molecule has 1 atom stereocenters. The summed E-state index contributed by atoms with van der Waals surface area (Å²) >= 11 is 12.8. The Labute approximate surface area is 269 Å². The standard InChI is InChI=1S/C34H35Cl2N3O4S/c1-3-20-37-34(41)32(21-26-10-5-4-6-11-26)38(23-27-12-7-8-15-31(27)36)33(40)24-39(29-14-9-13-28(35)22-29)44(42,43)30-18-16-25(2)17-19-30/h4-19,22,32H,3,20-21,23-24H2,1-2H3,(H,37,41). The molecule has 0 aliphatic heterocycles. The summed E-state index contributed by atoms with van der Waals surface area (Å²) in [6.45, 7) is 3.64. The Hall–Kier alpha value is -3.85. The van der Waals surface area contributed by atoms with E-state index in [2.05, 4.69) is 5.32 Å². The van der Waals surface area contributed by atoms with Crippen molar-refractivity contribution < 1.29 is 18.0 Å². The van der Waals surface area contributed by atoms with Crippen molar-refractivity contribution in [3.05, 3.63) is 130 Å². The number of carbonyl (C=O) groups excluding carboxylic acids is 2. The van der Waals surface area contributed by atoms with Gasteiger partial charge >= 0.3 is 0 Å². The number of halogens is 2. The number of hydrogen-bond donors (Lipinski definition) is 1. The minimum atomic E-state index is -4.22. The first-order valence-corrected chi connectivity index (χ1v) is 16.5. The van der Waals surface area contributed by atoms with Crippen LogP contribution in [0.3, 0.4) is 0 Å². The predicted octanol–water partition coefficient (Wildman–Crippen LogP) is 6.66. The molecule has 4 aromatic rings. The second-order valence-electron chi connectivity index (χ2n) is 10.4. The summed E-state index contributed by atoms with van der Waals surface area (Å²) in [6.07, 6.45) is 0.925. The zero-order valence-corrected chi connectivity index (χ0v) is 26.9. The summed E-state index contributed by atoms with van der Waals surface area (Å²) in [7, 11) is -4.22. The summed E-state index contributed by atoms with van der Waals surface area (Å²) in [5.41, 5.74) is 2.58. The molecular formula is C34H35Cl2N3O4S. The van der Waals surface area contributed by atoms with Crippen LogP contribution in [0.2, 0.25) is 10.0 Å². The van der Waals surface area contributed by atoms with Crippen LogP contribution in [0.15, 0.2) is 108 Å². The zero-order valence-electron chi connectivity index (χ0n) is 24.6. The van der Waals surface area contributed by atoms with Gasteiger partial charge in [-0.1, -0.05) is 102 Å². The Kier molecular flexibility index (Phi) is 11.4. The Bertz CT molecular complexity index is 1680. The van der Waals surface area contributed by atoms with Crippen LogP contribution >= 0.6 is 23.2 Å². The van der Waals surface area contributed by atoms with Gasteiger partial charge in [0.1, 0.15) is 12.6 Å². The monoisotopic (exact) mass is 651 g/mol. The van der Waals surface area contributed by atoms with Crippen molar-refractivity contribution >= 4 is 50.7 Å². The second-order valence-corrected chi connectivity index (χ2v) is 13.1. The number of rotatable bonds is 13. The van der Waals surface area contributed by atoms with E-state index in [4.69, 9.17) is 23.2 Å². The van der Waals surface area contributed by atoms with E-state index in [0.717, 1.165) is 15.4 Å². The molecule has 230 valence electrons. The maximum atomic E-state index is 14.4. The molecule has 0 radical (unpaired) electrons. The fourth-order valence-corrected chi connectivity index (χ4v) is 6.51. The van der Waals surface area contributed by atoms with Crippen LogP contribution < -0.4 is 9.62 Å². The fraction of sp³-hybridized carbons (Fsp3) is 0.235. The first-order chi connectivity index (χ1) is 21.1. The molecule has 4 rings (SSSR count). The lowest BCUT2D eigenvalue weighted by atomic mass is 10.0. The van der Waals surface area contributed by atoms with E-state index in [1.807, 2.05) is 44.2 Å². The van der Waals surface area contributed by atoms with Gasteiger partial charge in [0.2, 0.25) is 11.8 Å². The molecule has 0 heterocycles. The highest BCUT2D eigenvalue weighted by molar-refractivity contribution is 7.92. The molecule has 0 aliphatic carbocycles. The molecule has 0 saturated carbocycles. The Morgan fingerprint density at radius 3 is 2.20 bits per heavy atom. The molecule has 10 heteroatoms. The third-order valence-corrected chi connectivity index (χ3v) is 9.49. The van der Waals surface area contributed by atoms with Gasteiger partial charge in [-0.25, -0.2) is 8.42 Å². The van der Waals surface area contributed by atoms with E-state index in [1.165, 1.54) is 23.1 Å². The molecule has 44 heavy (non-hydrogen) atoms. The lowest BCUT2D eigenvalue weighted by Crippen LogP contribution is -2.53. The molecule has 0 spiro atoms. The molecule has 0 aromatic heterocycles. The van der Waals surface area contributed by atoms with Crippen LogP contribution in [0, 0.1) is 6.92 Å². The minimum Gasteiger partial charge on any atom is -0.354 e. The van der Waals surface area contributed by atoms with E-state index in [1.54, 1.807) is 54.6 Å². The molecule has 7 nitrogen and oxygen atoms in total. The third-order valence-electron chi connectivity index (χ3n) is 7.10.